The number of likely N-dealkylation sites (tertiary alicyclic amines) is 1. The van der Waals surface area contributed by atoms with E-state index in [4.69, 9.17) is 4.74 Å². The van der Waals surface area contributed by atoms with Crippen LogP contribution in [0.25, 0.3) is 0 Å². The minimum atomic E-state index is 0.717. The van der Waals surface area contributed by atoms with Crippen molar-refractivity contribution in [3.63, 3.8) is 0 Å². The van der Waals surface area contributed by atoms with Crippen LogP contribution < -0.4 is 10.1 Å². The van der Waals surface area contributed by atoms with Gasteiger partial charge in [0.2, 0.25) is 0 Å². The summed E-state index contributed by atoms with van der Waals surface area (Å²) in [5.41, 5.74) is 1.32. The van der Waals surface area contributed by atoms with Gasteiger partial charge in [0.1, 0.15) is 12.4 Å². The Labute approximate surface area is 129 Å². The van der Waals surface area contributed by atoms with Crippen LogP contribution in [0.1, 0.15) is 45.1 Å². The molecule has 0 aliphatic carbocycles. The summed E-state index contributed by atoms with van der Waals surface area (Å²) in [4.78, 5) is 2.55. The largest absolute Gasteiger partial charge is 0.492 e. The zero-order chi connectivity index (χ0) is 14.9. The van der Waals surface area contributed by atoms with Gasteiger partial charge in [0, 0.05) is 19.1 Å². The minimum absolute atomic E-state index is 0.717. The molecule has 0 saturated carbocycles. The Kier molecular flexibility index (Phi) is 7.04. The molecule has 0 aromatic heterocycles. The van der Waals surface area contributed by atoms with Crippen LogP contribution in [0.4, 0.5) is 0 Å². The van der Waals surface area contributed by atoms with Crippen LogP contribution >= 0.6 is 0 Å². The van der Waals surface area contributed by atoms with E-state index in [9.17, 15) is 0 Å². The highest BCUT2D eigenvalue weighted by Gasteiger charge is 2.17. The van der Waals surface area contributed by atoms with E-state index in [1.54, 1.807) is 0 Å². The smallest absolute Gasteiger partial charge is 0.119 e. The Hall–Kier alpha value is -1.06. The van der Waals surface area contributed by atoms with Crippen LogP contribution in [-0.4, -0.2) is 37.2 Å². The molecule has 1 heterocycles. The number of hydrogen-bond acceptors (Lipinski definition) is 3. The van der Waals surface area contributed by atoms with Crippen molar-refractivity contribution in [1.82, 2.24) is 10.2 Å². The van der Waals surface area contributed by atoms with Gasteiger partial charge >= 0.3 is 0 Å². The quantitative estimate of drug-likeness (QED) is 0.742. The number of piperidine rings is 1. The van der Waals surface area contributed by atoms with Crippen molar-refractivity contribution in [3.8, 4) is 5.75 Å². The molecule has 1 N–H and O–H groups in total. The summed E-state index contributed by atoms with van der Waals surface area (Å²) in [7, 11) is 0. The van der Waals surface area contributed by atoms with Gasteiger partial charge in [-0.3, -0.25) is 4.90 Å². The van der Waals surface area contributed by atoms with E-state index in [1.807, 2.05) is 0 Å². The minimum Gasteiger partial charge on any atom is -0.492 e. The van der Waals surface area contributed by atoms with Gasteiger partial charge in [-0.05, 0) is 57.0 Å². The third kappa shape index (κ3) is 5.68. The van der Waals surface area contributed by atoms with Gasteiger partial charge in [0.25, 0.3) is 0 Å². The third-order valence-corrected chi connectivity index (χ3v) is 4.27. The summed E-state index contributed by atoms with van der Waals surface area (Å²) >= 11 is 0. The second-order valence-electron chi connectivity index (χ2n) is 6.05. The normalized spacial score (nSPS) is 19.6. The van der Waals surface area contributed by atoms with Gasteiger partial charge in [-0.25, -0.2) is 0 Å². The number of hydrogen-bond donors (Lipinski definition) is 1. The summed E-state index contributed by atoms with van der Waals surface area (Å²) in [5.74, 6) is 0.985. The molecule has 2 rings (SSSR count). The monoisotopic (exact) mass is 290 g/mol. The van der Waals surface area contributed by atoms with Crippen LogP contribution in [0, 0.1) is 0 Å². The van der Waals surface area contributed by atoms with E-state index in [1.165, 1.54) is 37.8 Å². The number of benzene rings is 1. The van der Waals surface area contributed by atoms with E-state index >= 15 is 0 Å². The predicted molar refractivity (Wildman–Crippen MR) is 88.8 cm³/mol. The lowest BCUT2D eigenvalue weighted by molar-refractivity contribution is 0.133. The highest BCUT2D eigenvalue weighted by molar-refractivity contribution is 5.27. The van der Waals surface area contributed by atoms with Gasteiger partial charge in [0.05, 0.1) is 0 Å². The molecule has 1 unspecified atom stereocenters. The lowest BCUT2D eigenvalue weighted by atomic mass is 10.0. The molecule has 0 amide bonds. The molecule has 0 spiro atoms. The average molecular weight is 290 g/mol. The van der Waals surface area contributed by atoms with Gasteiger partial charge in [-0.1, -0.05) is 25.5 Å². The van der Waals surface area contributed by atoms with Gasteiger partial charge < -0.3 is 10.1 Å². The fraction of sp³-hybridized carbons (Fsp3) is 0.667. The van der Waals surface area contributed by atoms with Crippen molar-refractivity contribution in [1.29, 1.82) is 0 Å². The summed E-state index contributed by atoms with van der Waals surface area (Å²) in [6.45, 7) is 9.60. The summed E-state index contributed by atoms with van der Waals surface area (Å²) < 4.78 is 5.88. The van der Waals surface area contributed by atoms with E-state index < -0.39 is 0 Å². The molecule has 1 aromatic rings. The van der Waals surface area contributed by atoms with Crippen molar-refractivity contribution >= 4 is 0 Å². The lowest BCUT2D eigenvalue weighted by Crippen LogP contribution is -2.39. The molecule has 0 bridgehead atoms. The van der Waals surface area contributed by atoms with Gasteiger partial charge in [-0.15, -0.1) is 0 Å². The molecular formula is C18H30N2O. The average Bonchev–Trinajstić information content (AvgIpc) is 2.51. The van der Waals surface area contributed by atoms with E-state index in [2.05, 4.69) is 48.3 Å². The van der Waals surface area contributed by atoms with E-state index in [0.717, 1.165) is 38.0 Å². The van der Waals surface area contributed by atoms with Crippen molar-refractivity contribution in [2.24, 2.45) is 0 Å². The number of rotatable bonds is 8. The topological polar surface area (TPSA) is 24.5 Å². The van der Waals surface area contributed by atoms with Crippen LogP contribution in [0.2, 0.25) is 0 Å². The van der Waals surface area contributed by atoms with Crippen molar-refractivity contribution < 1.29 is 4.74 Å². The Morgan fingerprint density at radius 2 is 2.05 bits per heavy atom. The summed E-state index contributed by atoms with van der Waals surface area (Å²) in [6.07, 6.45) is 5.23. The first-order chi connectivity index (χ1) is 10.3. The molecule has 21 heavy (non-hydrogen) atoms. The standard InChI is InChI=1S/C18H30N2O/c1-3-11-19-15-17-7-9-18(10-8-17)21-14-13-20-12-5-4-6-16(20)2/h7-10,16,19H,3-6,11-15H2,1-2H3. The molecule has 118 valence electrons. The molecule has 1 saturated heterocycles. The molecular weight excluding hydrogens is 260 g/mol. The fourth-order valence-corrected chi connectivity index (χ4v) is 2.88. The Morgan fingerprint density at radius 1 is 1.24 bits per heavy atom. The summed E-state index contributed by atoms with van der Waals surface area (Å²) in [6, 6.07) is 9.20. The SMILES string of the molecule is CCCNCc1ccc(OCCN2CCCCC2C)cc1. The van der Waals surface area contributed by atoms with Gasteiger partial charge in [-0.2, -0.15) is 0 Å². The fourth-order valence-electron chi connectivity index (χ4n) is 2.88. The highest BCUT2D eigenvalue weighted by atomic mass is 16.5. The first-order valence-electron chi connectivity index (χ1n) is 8.46. The van der Waals surface area contributed by atoms with Crippen LogP contribution in [-0.2, 0) is 6.54 Å². The zero-order valence-corrected chi connectivity index (χ0v) is 13.6. The highest BCUT2D eigenvalue weighted by Crippen LogP contribution is 2.16. The van der Waals surface area contributed by atoms with Gasteiger partial charge in [0.15, 0.2) is 0 Å². The van der Waals surface area contributed by atoms with Crippen LogP contribution in [0.15, 0.2) is 24.3 Å². The van der Waals surface area contributed by atoms with Crippen LogP contribution in [0.3, 0.4) is 0 Å². The molecule has 0 radical (unpaired) electrons. The second-order valence-corrected chi connectivity index (χ2v) is 6.05. The molecule has 1 atom stereocenters. The Balaban J connectivity index is 1.68. The lowest BCUT2D eigenvalue weighted by Gasteiger charge is -2.33. The first kappa shape index (κ1) is 16.3. The molecule has 1 aromatic carbocycles. The van der Waals surface area contributed by atoms with Crippen molar-refractivity contribution in [2.45, 2.75) is 52.1 Å². The number of ether oxygens (including phenoxy) is 1. The number of nitrogens with zero attached hydrogens (tertiary/aromatic N) is 1. The van der Waals surface area contributed by atoms with E-state index in [0.29, 0.717) is 0 Å². The maximum atomic E-state index is 5.88. The second kappa shape index (κ2) is 9.06. The molecule has 1 aliphatic heterocycles. The molecule has 3 nitrogen and oxygen atoms in total. The Bertz CT molecular complexity index is 391. The van der Waals surface area contributed by atoms with Crippen molar-refractivity contribution in [3.05, 3.63) is 29.8 Å². The molecule has 1 aliphatic rings. The van der Waals surface area contributed by atoms with Crippen LogP contribution in [0.5, 0.6) is 5.75 Å². The van der Waals surface area contributed by atoms with Crippen molar-refractivity contribution in [2.75, 3.05) is 26.2 Å². The third-order valence-electron chi connectivity index (χ3n) is 4.27. The maximum Gasteiger partial charge on any atom is 0.119 e. The number of nitrogens with one attached hydrogen (secondary N) is 1. The molecule has 1 fully saturated rings. The summed E-state index contributed by atoms with van der Waals surface area (Å²) in [5, 5.41) is 3.41. The first-order valence-corrected chi connectivity index (χ1v) is 8.46. The molecule has 3 heteroatoms. The Morgan fingerprint density at radius 3 is 2.76 bits per heavy atom. The predicted octanol–water partition coefficient (Wildman–Crippen LogP) is 3.44. The zero-order valence-electron chi connectivity index (χ0n) is 13.6. The maximum absolute atomic E-state index is 5.88. The van der Waals surface area contributed by atoms with E-state index in [-0.39, 0.29) is 0 Å².